The second-order valence-electron chi connectivity index (χ2n) is 6.43. The lowest BCUT2D eigenvalue weighted by molar-refractivity contribution is -0.112. The molecule has 8 nitrogen and oxygen atoms in total. The molecule has 0 aliphatic carbocycles. The minimum Gasteiger partial charge on any atom is -0.465 e. The molecule has 0 aliphatic heterocycles. The van der Waals surface area contributed by atoms with Gasteiger partial charge in [0.1, 0.15) is 23.2 Å². The Labute approximate surface area is 183 Å². The third kappa shape index (κ3) is 4.91. The molecule has 32 heavy (non-hydrogen) atoms. The lowest BCUT2D eigenvalue weighted by Gasteiger charge is -2.05. The van der Waals surface area contributed by atoms with Crippen LogP contribution in [-0.4, -0.2) is 32.1 Å². The van der Waals surface area contributed by atoms with Crippen molar-refractivity contribution in [1.29, 1.82) is 5.26 Å². The second kappa shape index (κ2) is 9.91. The summed E-state index contributed by atoms with van der Waals surface area (Å²) in [4.78, 5) is 36.0. The van der Waals surface area contributed by atoms with Crippen LogP contribution in [0.2, 0.25) is 0 Å². The van der Waals surface area contributed by atoms with E-state index in [1.165, 1.54) is 44.6 Å². The Balaban J connectivity index is 1.80. The number of benzene rings is 2. The maximum absolute atomic E-state index is 12.5. The average Bonchev–Trinajstić information content (AvgIpc) is 3.30. The van der Waals surface area contributed by atoms with Gasteiger partial charge in [0, 0.05) is 17.3 Å². The molecule has 0 radical (unpaired) electrons. The van der Waals surface area contributed by atoms with Crippen LogP contribution < -0.4 is 5.32 Å². The van der Waals surface area contributed by atoms with Crippen molar-refractivity contribution in [1.82, 2.24) is 0 Å². The average molecular weight is 430 g/mol. The molecule has 160 valence electrons. The number of nitrogens with one attached hydrogen (secondary N) is 1. The van der Waals surface area contributed by atoms with Crippen LogP contribution in [0.5, 0.6) is 0 Å². The van der Waals surface area contributed by atoms with Crippen LogP contribution in [0.4, 0.5) is 5.69 Å². The van der Waals surface area contributed by atoms with Crippen molar-refractivity contribution in [3.05, 3.63) is 83.1 Å². The van der Waals surface area contributed by atoms with Gasteiger partial charge in [0.2, 0.25) is 0 Å². The van der Waals surface area contributed by atoms with Crippen LogP contribution in [-0.2, 0) is 14.3 Å². The Hall–Kier alpha value is -4.64. The van der Waals surface area contributed by atoms with Gasteiger partial charge in [0.15, 0.2) is 0 Å². The van der Waals surface area contributed by atoms with E-state index in [0.29, 0.717) is 28.1 Å². The molecular weight excluding hydrogens is 412 g/mol. The van der Waals surface area contributed by atoms with E-state index < -0.39 is 17.8 Å². The van der Waals surface area contributed by atoms with E-state index in [2.05, 4.69) is 10.1 Å². The van der Waals surface area contributed by atoms with E-state index in [4.69, 9.17) is 9.15 Å². The number of nitrogens with zero attached hydrogens (tertiary/aromatic N) is 1. The lowest BCUT2D eigenvalue weighted by atomic mass is 10.1. The number of amides is 1. The molecule has 3 aromatic rings. The molecule has 8 heteroatoms. The minimum absolute atomic E-state index is 0.191. The highest BCUT2D eigenvalue weighted by Gasteiger charge is 2.16. The number of carbonyl (C=O) groups is 3. The summed E-state index contributed by atoms with van der Waals surface area (Å²) < 4.78 is 15.1. The van der Waals surface area contributed by atoms with Gasteiger partial charge < -0.3 is 19.2 Å². The van der Waals surface area contributed by atoms with Gasteiger partial charge >= 0.3 is 11.9 Å². The molecule has 0 unspecified atom stereocenters. The number of ether oxygens (including phenoxy) is 2. The zero-order valence-corrected chi connectivity index (χ0v) is 17.2. The number of hydrogen-bond acceptors (Lipinski definition) is 7. The summed E-state index contributed by atoms with van der Waals surface area (Å²) in [5.74, 6) is -1.01. The summed E-state index contributed by atoms with van der Waals surface area (Å²) in [7, 11) is 2.56. The first-order valence-corrected chi connectivity index (χ1v) is 9.36. The van der Waals surface area contributed by atoms with E-state index in [1.807, 2.05) is 6.07 Å². The Morgan fingerprint density at radius 1 is 0.938 bits per heavy atom. The maximum Gasteiger partial charge on any atom is 0.338 e. The predicted octanol–water partition coefficient (Wildman–Crippen LogP) is 4.07. The number of hydrogen-bond donors (Lipinski definition) is 1. The van der Waals surface area contributed by atoms with Gasteiger partial charge in [-0.15, -0.1) is 0 Å². The molecule has 0 saturated carbocycles. The maximum atomic E-state index is 12.5. The van der Waals surface area contributed by atoms with Crippen LogP contribution in [0.25, 0.3) is 17.4 Å². The normalized spacial score (nSPS) is 10.7. The molecule has 0 atom stereocenters. The number of rotatable bonds is 6. The van der Waals surface area contributed by atoms with Crippen LogP contribution >= 0.6 is 0 Å². The Morgan fingerprint density at radius 2 is 1.62 bits per heavy atom. The molecule has 1 amide bonds. The fraction of sp³-hybridized carbons (Fsp3) is 0.0833. The standard InChI is InChI=1S/C24H18N2O6/c1-30-23(28)15-7-9-17(10-8-15)26-22(27)16(14-25)13-18-11-12-21(32-18)19-5-3-4-6-20(19)24(29)31-2/h3-13H,1-2H3,(H,26,27)/b16-13-. The summed E-state index contributed by atoms with van der Waals surface area (Å²) in [5.41, 5.74) is 1.39. The van der Waals surface area contributed by atoms with E-state index in [9.17, 15) is 19.6 Å². The highest BCUT2D eigenvalue weighted by molar-refractivity contribution is 6.09. The molecular formula is C24H18N2O6. The van der Waals surface area contributed by atoms with E-state index in [1.54, 1.807) is 36.4 Å². The quantitative estimate of drug-likeness (QED) is 0.356. The number of methoxy groups -OCH3 is 2. The van der Waals surface area contributed by atoms with Gasteiger partial charge in [-0.05, 0) is 42.5 Å². The third-order valence-electron chi connectivity index (χ3n) is 4.44. The van der Waals surface area contributed by atoms with Crippen molar-refractivity contribution in [3.63, 3.8) is 0 Å². The fourth-order valence-electron chi connectivity index (χ4n) is 2.86. The van der Waals surface area contributed by atoms with Gasteiger partial charge in [-0.25, -0.2) is 9.59 Å². The summed E-state index contributed by atoms with van der Waals surface area (Å²) in [6.45, 7) is 0. The SMILES string of the molecule is COC(=O)c1ccc(NC(=O)/C(C#N)=C\c2ccc(-c3ccccc3C(=O)OC)o2)cc1. The molecule has 0 saturated heterocycles. The van der Waals surface area contributed by atoms with Gasteiger partial charge in [-0.2, -0.15) is 5.26 Å². The lowest BCUT2D eigenvalue weighted by Crippen LogP contribution is -2.13. The summed E-state index contributed by atoms with van der Waals surface area (Å²) in [5, 5.41) is 12.0. The van der Waals surface area contributed by atoms with Crippen molar-refractivity contribution in [2.45, 2.75) is 0 Å². The molecule has 0 aliphatic rings. The molecule has 1 N–H and O–H groups in total. The van der Waals surface area contributed by atoms with Crippen molar-refractivity contribution in [2.24, 2.45) is 0 Å². The highest BCUT2D eigenvalue weighted by atomic mass is 16.5. The van der Waals surface area contributed by atoms with Crippen LogP contribution in [0.3, 0.4) is 0 Å². The predicted molar refractivity (Wildman–Crippen MR) is 115 cm³/mol. The zero-order valence-electron chi connectivity index (χ0n) is 17.2. The smallest absolute Gasteiger partial charge is 0.338 e. The molecule has 0 bridgehead atoms. The first kappa shape index (κ1) is 22.1. The number of anilines is 1. The first-order valence-electron chi connectivity index (χ1n) is 9.36. The number of esters is 2. The number of nitriles is 1. The van der Waals surface area contributed by atoms with Gasteiger partial charge in [-0.1, -0.05) is 18.2 Å². The Bertz CT molecular complexity index is 1230. The van der Waals surface area contributed by atoms with Crippen LogP contribution in [0.15, 0.2) is 70.7 Å². The zero-order chi connectivity index (χ0) is 23.1. The first-order chi connectivity index (χ1) is 15.5. The summed E-state index contributed by atoms with van der Waals surface area (Å²) >= 11 is 0. The van der Waals surface area contributed by atoms with Gasteiger partial charge in [0.25, 0.3) is 5.91 Å². The second-order valence-corrected chi connectivity index (χ2v) is 6.43. The summed E-state index contributed by atoms with van der Waals surface area (Å²) in [6.07, 6.45) is 1.29. The highest BCUT2D eigenvalue weighted by Crippen LogP contribution is 2.27. The Kier molecular flexibility index (Phi) is 6.83. The fourth-order valence-corrected chi connectivity index (χ4v) is 2.86. The van der Waals surface area contributed by atoms with Crippen molar-refractivity contribution < 1.29 is 28.3 Å². The van der Waals surface area contributed by atoms with Crippen LogP contribution in [0, 0.1) is 11.3 Å². The van der Waals surface area contributed by atoms with E-state index in [-0.39, 0.29) is 11.3 Å². The van der Waals surface area contributed by atoms with Gasteiger partial charge in [0.05, 0.1) is 25.3 Å². The molecule has 0 fully saturated rings. The number of furan rings is 1. The molecule has 1 aromatic heterocycles. The molecule has 2 aromatic carbocycles. The van der Waals surface area contributed by atoms with Crippen molar-refractivity contribution in [3.8, 4) is 17.4 Å². The largest absolute Gasteiger partial charge is 0.465 e. The Morgan fingerprint density at radius 3 is 2.28 bits per heavy atom. The monoisotopic (exact) mass is 430 g/mol. The summed E-state index contributed by atoms with van der Waals surface area (Å²) in [6, 6.07) is 17.9. The number of carbonyl (C=O) groups excluding carboxylic acids is 3. The van der Waals surface area contributed by atoms with Gasteiger partial charge in [-0.3, -0.25) is 4.79 Å². The minimum atomic E-state index is -0.647. The molecule has 1 heterocycles. The molecule has 0 spiro atoms. The van der Waals surface area contributed by atoms with Crippen molar-refractivity contribution in [2.75, 3.05) is 19.5 Å². The topological polar surface area (TPSA) is 119 Å². The third-order valence-corrected chi connectivity index (χ3v) is 4.44. The molecule has 3 rings (SSSR count). The van der Waals surface area contributed by atoms with Crippen LogP contribution in [0.1, 0.15) is 26.5 Å². The van der Waals surface area contributed by atoms with E-state index >= 15 is 0 Å². The van der Waals surface area contributed by atoms with E-state index in [0.717, 1.165) is 0 Å². The van der Waals surface area contributed by atoms with Crippen molar-refractivity contribution >= 4 is 29.6 Å².